The van der Waals surface area contributed by atoms with Crippen molar-refractivity contribution >= 4 is 57.7 Å². The molecule has 4 amide bonds. The SMILES string of the molecule is [1H]N=P[C@@H](CC(C)C)CN(CC(=O)CCCCCCCCC(=O)N[C@@H](CCCCNC(=O)CCCCCCCCC(=O)CN(C[C@H](CC(C)C)P=N[1H])C(=O)CC(C)C)C(=O)CC)C(=O)CCC. The van der Waals surface area contributed by atoms with E-state index in [4.69, 9.17) is 2.82 Å². The number of nitrogens with zero attached hydrogens (tertiary/aromatic N) is 2. The number of unbranched alkanes of at least 4 members (excludes halogenated alkanes) is 11. The van der Waals surface area contributed by atoms with Crippen LogP contribution in [0.1, 0.15) is 216 Å². The van der Waals surface area contributed by atoms with Gasteiger partial charge >= 0.3 is 0 Å². The van der Waals surface area contributed by atoms with Crippen molar-refractivity contribution in [3.63, 3.8) is 0 Å². The maximum Gasteiger partial charge on any atom is 0.223 e. The Kier molecular flexibility index (Phi) is 35.9. The van der Waals surface area contributed by atoms with Crippen molar-refractivity contribution < 1.29 is 36.4 Å². The third kappa shape index (κ3) is 34.4. The molecule has 0 saturated carbocycles. The molecule has 0 bridgehead atoms. The number of nitrogens with one attached hydrogen (secondary N) is 4. The lowest BCUT2D eigenvalue weighted by Crippen LogP contribution is -2.40. The zero-order valence-electron chi connectivity index (χ0n) is 44.7. The van der Waals surface area contributed by atoms with E-state index in [0.29, 0.717) is 106 Å². The van der Waals surface area contributed by atoms with Gasteiger partial charge in [0.05, 0.1) is 19.1 Å². The molecular formula is C51H94N6O7P2. The van der Waals surface area contributed by atoms with E-state index in [2.05, 4.69) is 48.6 Å². The third-order valence-electron chi connectivity index (χ3n) is 11.7. The molecule has 3 atom stereocenters. The molecule has 0 heterocycles. The topological polar surface area (TPSA) is 198 Å². The monoisotopic (exact) mass is 965 g/mol. The summed E-state index contributed by atoms with van der Waals surface area (Å²) in [6.07, 6.45) is 17.9. The summed E-state index contributed by atoms with van der Waals surface area (Å²) >= 11 is 0. The first-order chi connectivity index (χ1) is 32.4. The summed E-state index contributed by atoms with van der Waals surface area (Å²) in [5.41, 5.74) is 0.0950. The van der Waals surface area contributed by atoms with Gasteiger partial charge in [-0.3, -0.25) is 43.9 Å². The van der Waals surface area contributed by atoms with Gasteiger partial charge in [-0.15, -0.1) is 0 Å². The minimum absolute atomic E-state index is 0.0102. The predicted octanol–water partition coefficient (Wildman–Crippen LogP) is 11.9. The first-order valence-corrected chi connectivity index (χ1v) is 27.6. The summed E-state index contributed by atoms with van der Waals surface area (Å²) in [6, 6.07) is -0.517. The maximum atomic E-state index is 13.0. The fourth-order valence-electron chi connectivity index (χ4n) is 8.10. The van der Waals surface area contributed by atoms with Gasteiger partial charge in [-0.1, -0.05) is 107 Å². The molecule has 380 valence electrons. The number of carbonyl (C=O) groups is 7. The van der Waals surface area contributed by atoms with Crippen molar-refractivity contribution in [1.82, 2.24) is 20.4 Å². The van der Waals surface area contributed by atoms with Crippen LogP contribution in [0.5, 0.6) is 0 Å². The number of hydrogen-bond acceptors (Lipinski definition) is 9. The number of carbonyl (C=O) groups excluding carboxylic acids is 7. The molecule has 0 saturated heterocycles. The van der Waals surface area contributed by atoms with Gasteiger partial charge in [0.25, 0.3) is 0 Å². The third-order valence-corrected chi connectivity index (χ3v) is 13.1. The average molecular weight is 965 g/mol. The van der Waals surface area contributed by atoms with Crippen LogP contribution >= 0.6 is 16.7 Å². The maximum absolute atomic E-state index is 13.0. The fourth-order valence-corrected chi connectivity index (χ4v) is 9.67. The molecule has 15 heteroatoms. The van der Waals surface area contributed by atoms with E-state index >= 15 is 0 Å². The molecule has 0 radical (unpaired) electrons. The highest BCUT2D eigenvalue weighted by atomic mass is 31.1. The second-order valence-electron chi connectivity index (χ2n) is 19.8. The van der Waals surface area contributed by atoms with Crippen molar-refractivity contribution in [1.29, 1.82) is 10.3 Å². The van der Waals surface area contributed by atoms with Crippen LogP contribution in [0.25, 0.3) is 0 Å². The summed E-state index contributed by atoms with van der Waals surface area (Å²) in [6.45, 7) is 17.9. The average Bonchev–Trinajstić information content (AvgIpc) is 3.26. The summed E-state index contributed by atoms with van der Waals surface area (Å²) in [5, 5.41) is 13.0. The van der Waals surface area contributed by atoms with E-state index < -0.39 is 6.04 Å². The largest absolute Gasteiger partial charge is 0.356 e. The van der Waals surface area contributed by atoms with Crippen LogP contribution < -0.4 is 10.6 Å². The molecule has 0 aromatic carbocycles. The fraction of sp³-hybridized carbons (Fsp3) is 0.863. The molecule has 4 N–H and O–H groups in total. The smallest absolute Gasteiger partial charge is 0.223 e. The number of ketones is 3. The zero-order valence-corrected chi connectivity index (χ0v) is 44.5. The second-order valence-corrected chi connectivity index (χ2v) is 21.7. The Morgan fingerprint density at radius 2 is 1.00 bits per heavy atom. The summed E-state index contributed by atoms with van der Waals surface area (Å²) in [7, 11) is 1.27. The van der Waals surface area contributed by atoms with E-state index in [1.807, 2.05) is 20.8 Å². The Hall–Kier alpha value is -2.91. The Labute approximate surface area is 407 Å². The zero-order chi connectivity index (χ0) is 51.1. The molecule has 0 aromatic rings. The number of amides is 4. The highest BCUT2D eigenvalue weighted by Crippen LogP contribution is 2.22. The van der Waals surface area contributed by atoms with Crippen LogP contribution in [0.4, 0.5) is 0 Å². The molecule has 13 nitrogen and oxygen atoms in total. The minimum Gasteiger partial charge on any atom is -0.356 e. The molecule has 0 aliphatic rings. The predicted molar refractivity (Wildman–Crippen MR) is 271 cm³/mol. The standard InChI is InChI=1S/C51H94N6O7P2/c1-9-25-50(63)56(37-44(65-52)32-39(3)4)35-42(58)26-19-16-12-14-18-22-30-49(62)55-46(47(60)10-2)28-23-24-31-54-48(61)29-21-17-13-11-15-20-27-43(59)36-57(51(64)34-41(7)8)38-45(66-53)33-40(5)6/h39-41,44-46,52-53H,9-38H2,1-8H3,(H,54,61)(H,55,62)/t44-,45-,46-/m0/s1/i/hH2. The van der Waals surface area contributed by atoms with Crippen molar-refractivity contribution in [2.75, 3.05) is 32.7 Å². The van der Waals surface area contributed by atoms with E-state index in [9.17, 15) is 33.6 Å². The lowest BCUT2D eigenvalue weighted by Gasteiger charge is -2.26. The molecule has 0 aliphatic heterocycles. The van der Waals surface area contributed by atoms with Crippen LogP contribution in [-0.2, 0) is 33.6 Å². The Bertz CT molecular complexity index is 1500. The Morgan fingerprint density at radius 3 is 1.44 bits per heavy atom. The van der Waals surface area contributed by atoms with Crippen LogP contribution in [0.3, 0.4) is 0 Å². The van der Waals surface area contributed by atoms with Crippen molar-refractivity contribution in [3.05, 3.63) is 0 Å². The quantitative estimate of drug-likeness (QED) is 0.0344. The first-order valence-electron chi connectivity index (χ1n) is 26.7. The van der Waals surface area contributed by atoms with Crippen molar-refractivity contribution in [2.24, 2.45) is 17.8 Å². The highest BCUT2D eigenvalue weighted by Gasteiger charge is 2.24. The lowest BCUT2D eigenvalue weighted by atomic mass is 10.0. The van der Waals surface area contributed by atoms with Crippen LogP contribution in [0, 0.1) is 28.1 Å². The number of hydrogen-bond donors (Lipinski definition) is 4. The van der Waals surface area contributed by atoms with E-state index in [1.54, 1.807) is 16.7 Å². The van der Waals surface area contributed by atoms with Crippen LogP contribution in [0.2, 0.25) is 2.82 Å². The first kappa shape index (κ1) is 59.2. The molecule has 0 unspecified atom stereocenters. The van der Waals surface area contributed by atoms with Gasteiger partial charge in [0.15, 0.2) is 20.2 Å². The lowest BCUT2D eigenvalue weighted by molar-refractivity contribution is -0.136. The second kappa shape index (κ2) is 40.0. The minimum atomic E-state index is -0.517. The Morgan fingerprint density at radius 1 is 0.545 bits per heavy atom. The molecule has 0 rings (SSSR count). The molecule has 0 aliphatic carbocycles. The summed E-state index contributed by atoms with van der Waals surface area (Å²) in [4.78, 5) is 92.6. The molecule has 0 fully saturated rings. The summed E-state index contributed by atoms with van der Waals surface area (Å²) in [5.74, 6) is 1.05. The van der Waals surface area contributed by atoms with Gasteiger partial charge in [-0.2, -0.15) is 0 Å². The highest BCUT2D eigenvalue weighted by molar-refractivity contribution is 7.26. The molecule has 66 heavy (non-hydrogen) atoms. The van der Waals surface area contributed by atoms with Crippen LogP contribution in [-0.4, -0.2) is 101 Å². The molecular weight excluding hydrogens is 871 g/mol. The molecule has 0 aromatic heterocycles. The van der Waals surface area contributed by atoms with Crippen LogP contribution in [0.15, 0.2) is 0 Å². The van der Waals surface area contributed by atoms with Crippen molar-refractivity contribution in [2.45, 2.75) is 233 Å². The van der Waals surface area contributed by atoms with Gasteiger partial charge in [0.1, 0.15) is 0 Å². The van der Waals surface area contributed by atoms with E-state index in [0.717, 1.165) is 103 Å². The molecule has 0 spiro atoms. The van der Waals surface area contributed by atoms with Gasteiger partial charge in [0.2, 0.25) is 23.6 Å². The van der Waals surface area contributed by atoms with Gasteiger partial charge < -0.3 is 20.4 Å². The van der Waals surface area contributed by atoms with E-state index in [1.165, 1.54) is 0 Å². The van der Waals surface area contributed by atoms with E-state index in [-0.39, 0.29) is 71.3 Å². The summed E-state index contributed by atoms with van der Waals surface area (Å²) < 4.78 is 14.6. The number of Topliss-reactive ketones (excluding diaryl/α,β-unsaturated/α-hetero) is 3. The van der Waals surface area contributed by atoms with Gasteiger partial charge in [0, 0.05) is 92.6 Å². The number of rotatable bonds is 44. The van der Waals surface area contributed by atoms with Gasteiger partial charge in [-0.25, -0.2) is 0 Å². The van der Waals surface area contributed by atoms with Crippen molar-refractivity contribution in [3.8, 4) is 0 Å². The Balaban J connectivity index is 4.32. The normalized spacial score (nSPS) is 13.5. The van der Waals surface area contributed by atoms with Gasteiger partial charge in [-0.05, 0) is 82.0 Å².